The predicted octanol–water partition coefficient (Wildman–Crippen LogP) is -2.24. The van der Waals surface area contributed by atoms with Crippen LogP contribution in [0.5, 0.6) is 5.75 Å². The smallest absolute Gasteiger partial charge is 0.534 e. The number of piperazine rings is 1. The van der Waals surface area contributed by atoms with Gasteiger partial charge in [0.05, 0.1) is 24.0 Å². The molecule has 13 heteroatoms. The molecule has 0 spiro atoms. The van der Waals surface area contributed by atoms with Gasteiger partial charge in [0.25, 0.3) is 0 Å². The molecule has 2 atom stereocenters. The molecule has 1 aromatic rings. The second-order valence-electron chi connectivity index (χ2n) is 7.47. The average molecular weight is 446 g/mol. The third-order valence-electron chi connectivity index (χ3n) is 5.40. The van der Waals surface area contributed by atoms with Crippen molar-refractivity contribution in [1.29, 1.82) is 0 Å². The molecule has 2 aliphatic heterocycles. The van der Waals surface area contributed by atoms with Crippen LogP contribution in [0.3, 0.4) is 0 Å². The number of benzene rings is 1. The summed E-state index contributed by atoms with van der Waals surface area (Å²) in [7, 11) is -1.53. The second kappa shape index (κ2) is 9.36. The number of likely N-dealkylation sites (N-methyl/N-ethyl adjacent to an activating group) is 1. The van der Waals surface area contributed by atoms with Crippen molar-refractivity contribution < 1.29 is 38.8 Å². The number of imide groups is 1. The van der Waals surface area contributed by atoms with Crippen molar-refractivity contribution in [2.75, 3.05) is 19.6 Å². The highest BCUT2D eigenvalue weighted by Gasteiger charge is 2.40. The molecule has 2 aliphatic rings. The summed E-state index contributed by atoms with van der Waals surface area (Å²) in [5, 5.41) is 21.9. The van der Waals surface area contributed by atoms with Gasteiger partial charge in [-0.2, -0.15) is 0 Å². The molecule has 5 N–H and O–H groups in total. The van der Waals surface area contributed by atoms with E-state index in [1.807, 2.05) is 0 Å². The number of hydrogen-bond donors (Lipinski definition) is 4. The molecule has 1 saturated heterocycles. The fourth-order valence-corrected chi connectivity index (χ4v) is 3.61. The molecular formula is C19H23BN4O8. The van der Waals surface area contributed by atoms with Crippen LogP contribution < -0.4 is 15.7 Å². The first-order chi connectivity index (χ1) is 15.1. The number of nitrogens with two attached hydrogens (primary N) is 1. The van der Waals surface area contributed by atoms with Gasteiger partial charge >= 0.3 is 24.9 Å². The zero-order valence-electron chi connectivity index (χ0n) is 17.3. The quantitative estimate of drug-likeness (QED) is 0.278. The van der Waals surface area contributed by atoms with E-state index >= 15 is 0 Å². The van der Waals surface area contributed by atoms with Crippen molar-refractivity contribution in [3.05, 3.63) is 29.3 Å². The molecule has 0 unspecified atom stereocenters. The third kappa shape index (κ3) is 4.58. The lowest BCUT2D eigenvalue weighted by molar-refractivity contribution is -0.161. The number of fused-ring (bicyclic) bond motifs is 1. The highest BCUT2D eigenvalue weighted by molar-refractivity contribution is 6.47. The van der Waals surface area contributed by atoms with Gasteiger partial charge < -0.3 is 30.7 Å². The zero-order chi connectivity index (χ0) is 23.6. The number of nitrogens with one attached hydrogen (secondary N) is 1. The maximum atomic E-state index is 12.5. The lowest BCUT2D eigenvalue weighted by Gasteiger charge is -2.32. The topological polar surface area (TPSA) is 180 Å². The van der Waals surface area contributed by atoms with Gasteiger partial charge in [-0.1, -0.05) is 12.1 Å². The lowest BCUT2D eigenvalue weighted by Crippen LogP contribution is -2.58. The molecule has 32 heavy (non-hydrogen) atoms. The first kappa shape index (κ1) is 23.2. The largest absolute Gasteiger partial charge is 0.547 e. The van der Waals surface area contributed by atoms with Crippen LogP contribution in [0.2, 0.25) is 0 Å². The molecule has 0 bridgehead atoms. The van der Waals surface area contributed by atoms with Gasteiger partial charge in [-0.05, 0) is 25.0 Å². The van der Waals surface area contributed by atoms with Crippen LogP contribution in [-0.4, -0.2) is 88.3 Å². The second-order valence-corrected chi connectivity index (χ2v) is 7.47. The highest BCUT2D eigenvalue weighted by Crippen LogP contribution is 2.30. The zero-order valence-corrected chi connectivity index (χ0v) is 17.3. The van der Waals surface area contributed by atoms with Crippen LogP contribution in [-0.2, 0) is 25.6 Å². The van der Waals surface area contributed by atoms with Crippen LogP contribution in [0.15, 0.2) is 18.2 Å². The Balaban J connectivity index is 1.61. The van der Waals surface area contributed by atoms with E-state index in [0.717, 1.165) is 4.90 Å². The minimum atomic E-state index is -1.53. The Morgan fingerprint density at radius 3 is 2.66 bits per heavy atom. The summed E-state index contributed by atoms with van der Waals surface area (Å²) in [6.45, 7) is 2.28. The fourth-order valence-electron chi connectivity index (χ4n) is 3.61. The lowest BCUT2D eigenvalue weighted by atomic mass is 9.72. The first-order valence-electron chi connectivity index (χ1n) is 10.0. The van der Waals surface area contributed by atoms with Gasteiger partial charge in [0.2, 0.25) is 11.8 Å². The summed E-state index contributed by atoms with van der Waals surface area (Å²) in [4.78, 5) is 62.4. The molecule has 2 heterocycles. The minimum absolute atomic E-state index is 0.0173. The Morgan fingerprint density at radius 2 is 2.00 bits per heavy atom. The summed E-state index contributed by atoms with van der Waals surface area (Å²) in [5.74, 6) is -5.40. The van der Waals surface area contributed by atoms with Gasteiger partial charge in [0.15, 0.2) is 0 Å². The molecule has 3 rings (SSSR count). The van der Waals surface area contributed by atoms with E-state index in [2.05, 4.69) is 5.32 Å². The highest BCUT2D eigenvalue weighted by atomic mass is 16.5. The molecule has 12 nitrogen and oxygen atoms in total. The molecule has 1 aromatic carbocycles. The van der Waals surface area contributed by atoms with Crippen LogP contribution in [0, 0.1) is 0 Å². The fraction of sp³-hybridized carbons (Fsp3) is 0.421. The van der Waals surface area contributed by atoms with E-state index in [0.29, 0.717) is 12.1 Å². The number of carboxylic acids is 1. The van der Waals surface area contributed by atoms with Crippen LogP contribution >= 0.6 is 0 Å². The monoisotopic (exact) mass is 446 g/mol. The number of aromatic carboxylic acids is 1. The van der Waals surface area contributed by atoms with Crippen molar-refractivity contribution in [3.8, 4) is 5.75 Å². The SMILES string of the molecule is CCN1CCN(C(=O)C[C@@H](N)C(=O)N[C@H]2Cc3cccc(C(=O)O)c3OB2O)C(=O)C1=O. The van der Waals surface area contributed by atoms with Gasteiger partial charge in [-0.15, -0.1) is 0 Å². The predicted molar refractivity (Wildman–Crippen MR) is 109 cm³/mol. The molecular weight excluding hydrogens is 423 g/mol. The summed E-state index contributed by atoms with van der Waals surface area (Å²) >= 11 is 0. The summed E-state index contributed by atoms with van der Waals surface area (Å²) < 4.78 is 5.30. The number of para-hydroxylation sites is 1. The van der Waals surface area contributed by atoms with Crippen molar-refractivity contribution in [2.45, 2.75) is 31.7 Å². The summed E-state index contributed by atoms with van der Waals surface area (Å²) in [5.41, 5.74) is 6.17. The normalized spacial score (nSPS) is 19.2. The van der Waals surface area contributed by atoms with E-state index in [1.165, 1.54) is 17.0 Å². The summed E-state index contributed by atoms with van der Waals surface area (Å²) in [6.07, 6.45) is -0.434. The number of nitrogens with zero attached hydrogens (tertiary/aromatic N) is 2. The number of carbonyl (C=O) groups excluding carboxylic acids is 4. The number of hydrogen-bond acceptors (Lipinski definition) is 8. The number of carboxylic acid groups (broad SMARTS) is 1. The Hall–Kier alpha value is -3.45. The Labute approximate surface area is 183 Å². The molecule has 0 aromatic heterocycles. The maximum Gasteiger partial charge on any atom is 0.547 e. The Bertz CT molecular complexity index is 971. The molecule has 4 amide bonds. The minimum Gasteiger partial charge on any atom is -0.534 e. The molecule has 170 valence electrons. The van der Waals surface area contributed by atoms with E-state index < -0.39 is 55.1 Å². The number of carbonyl (C=O) groups is 5. The van der Waals surface area contributed by atoms with Crippen molar-refractivity contribution in [3.63, 3.8) is 0 Å². The number of amides is 4. The third-order valence-corrected chi connectivity index (χ3v) is 5.40. The van der Waals surface area contributed by atoms with Gasteiger partial charge in [0.1, 0.15) is 5.75 Å². The van der Waals surface area contributed by atoms with Crippen molar-refractivity contribution in [2.24, 2.45) is 5.73 Å². The van der Waals surface area contributed by atoms with Gasteiger partial charge in [-0.25, -0.2) is 4.79 Å². The van der Waals surface area contributed by atoms with E-state index in [4.69, 9.17) is 10.4 Å². The standard InChI is InChI=1S/C19H23BN4O8/c1-2-23-6-7-24(18(28)17(23)27)14(25)9-12(21)16(26)22-13-8-10-4-3-5-11(19(29)30)15(10)32-20(13)31/h3-5,12-13,31H,2,6-9,21H2,1H3,(H,22,26)(H,29,30)/t12-,13+/m1/s1. The van der Waals surface area contributed by atoms with E-state index in [1.54, 1.807) is 13.0 Å². The molecule has 0 radical (unpaired) electrons. The Morgan fingerprint density at radius 1 is 1.28 bits per heavy atom. The Kier molecular flexibility index (Phi) is 6.79. The molecule has 1 fully saturated rings. The van der Waals surface area contributed by atoms with Gasteiger partial charge in [0, 0.05) is 19.6 Å². The average Bonchev–Trinajstić information content (AvgIpc) is 2.75. The van der Waals surface area contributed by atoms with Crippen LogP contribution in [0.25, 0.3) is 0 Å². The first-order valence-corrected chi connectivity index (χ1v) is 10.0. The van der Waals surface area contributed by atoms with Gasteiger partial charge in [-0.3, -0.25) is 24.1 Å². The van der Waals surface area contributed by atoms with Crippen molar-refractivity contribution >= 4 is 36.7 Å². The molecule has 0 aliphatic carbocycles. The van der Waals surface area contributed by atoms with Crippen LogP contribution in [0.1, 0.15) is 29.3 Å². The molecule has 0 saturated carbocycles. The van der Waals surface area contributed by atoms with Crippen LogP contribution in [0.4, 0.5) is 0 Å². The van der Waals surface area contributed by atoms with Crippen molar-refractivity contribution in [1.82, 2.24) is 15.1 Å². The van der Waals surface area contributed by atoms with E-state index in [9.17, 15) is 34.1 Å². The summed E-state index contributed by atoms with van der Waals surface area (Å²) in [6, 6.07) is 3.12. The maximum absolute atomic E-state index is 12.5. The number of rotatable bonds is 6. The van der Waals surface area contributed by atoms with E-state index in [-0.39, 0.29) is 30.8 Å².